The lowest BCUT2D eigenvalue weighted by Gasteiger charge is -2.27. The van der Waals surface area contributed by atoms with Crippen LogP contribution in [0.3, 0.4) is 0 Å². The van der Waals surface area contributed by atoms with Crippen LogP contribution < -0.4 is 20.9 Å². The molecule has 15 heteroatoms. The van der Waals surface area contributed by atoms with Gasteiger partial charge in [-0.3, -0.25) is 23.7 Å². The predicted octanol–water partition coefficient (Wildman–Crippen LogP) is 2.74. The molecular weight excluding hydrogens is 543 g/mol. The first kappa shape index (κ1) is 28.0. The van der Waals surface area contributed by atoms with Crippen LogP contribution in [0.4, 0.5) is 5.95 Å². The molecule has 1 aromatic carbocycles. The lowest BCUT2D eigenvalue weighted by atomic mass is 10.1. The van der Waals surface area contributed by atoms with Crippen molar-refractivity contribution in [2.75, 3.05) is 25.6 Å². The van der Waals surface area contributed by atoms with E-state index in [1.807, 2.05) is 0 Å². The Morgan fingerprint density at radius 3 is 2.90 bits per heavy atom. The number of nitrogens with zero attached hydrogens (tertiary/aromatic N) is 3. The van der Waals surface area contributed by atoms with Crippen molar-refractivity contribution in [3.05, 3.63) is 52.6 Å². The Bertz CT molecular complexity index is 1500. The van der Waals surface area contributed by atoms with Crippen LogP contribution in [-0.4, -0.2) is 62.7 Å². The first-order valence-corrected chi connectivity index (χ1v) is 14.4. The topological polar surface area (TPSA) is 193 Å². The predicted molar refractivity (Wildman–Crippen MR) is 144 cm³/mol. The zero-order valence-corrected chi connectivity index (χ0v) is 22.7. The number of H-pyrrole nitrogens is 1. The van der Waals surface area contributed by atoms with Crippen molar-refractivity contribution in [2.24, 2.45) is 5.41 Å². The Balaban J connectivity index is 1.40. The van der Waals surface area contributed by atoms with Gasteiger partial charge in [-0.2, -0.15) is 10.1 Å². The number of hydrogen-bond acceptors (Lipinski definition) is 10. The summed E-state index contributed by atoms with van der Waals surface area (Å²) >= 11 is 0. The number of fused-ring (bicyclic) bond motifs is 1. The number of imidazole rings is 1. The fourth-order valence-corrected chi connectivity index (χ4v) is 5.92. The van der Waals surface area contributed by atoms with Gasteiger partial charge in [0.1, 0.15) is 18.1 Å². The largest absolute Gasteiger partial charge is 0.480 e. The number of rotatable bonds is 12. The van der Waals surface area contributed by atoms with Gasteiger partial charge < -0.3 is 24.8 Å². The number of aromatic amines is 1. The summed E-state index contributed by atoms with van der Waals surface area (Å²) in [6.07, 6.45) is 6.03. The molecule has 2 aromatic heterocycles. The summed E-state index contributed by atoms with van der Waals surface area (Å²) in [5, 5.41) is 11.9. The fourth-order valence-electron chi connectivity index (χ4n) is 4.34. The third-order valence-corrected chi connectivity index (χ3v) is 8.34. The Hall–Kier alpha value is -3.55. The van der Waals surface area contributed by atoms with Crippen molar-refractivity contribution < 1.29 is 33.0 Å². The van der Waals surface area contributed by atoms with E-state index in [1.165, 1.54) is 13.3 Å². The van der Waals surface area contributed by atoms with Crippen LogP contribution >= 0.6 is 7.75 Å². The Morgan fingerprint density at radius 1 is 1.38 bits per heavy atom. The SMILES string of the molecule is C[C@H](N[P@](=O)(OCC1(COC2CCCCO2)C/C1=C/n1cnc2c(=O)[nH]c(N)nc21)Oc1ccccc1)C(=O)O. The smallest absolute Gasteiger partial charge is 0.459 e. The minimum atomic E-state index is -4.15. The second-order valence-corrected chi connectivity index (χ2v) is 11.6. The summed E-state index contributed by atoms with van der Waals surface area (Å²) in [7, 11) is -4.15. The van der Waals surface area contributed by atoms with Crippen molar-refractivity contribution in [2.45, 2.75) is 44.9 Å². The molecule has 4 atom stereocenters. The van der Waals surface area contributed by atoms with Crippen LogP contribution in [0.15, 0.2) is 47.0 Å². The standard InChI is InChI=1S/C25H31N6O8P/c1-16(23(33)34)30-40(35,39-18-7-3-2-4-8-18)38-14-25(13-37-19-9-5-6-10-36-19)11-17(25)12-31-15-27-20-21(31)28-24(26)29-22(20)32/h2-4,7-8,12,15-16,19H,5-6,9-11,13-14H2,1H3,(H,30,35)(H,33,34)(H3,26,28,29,32)/b17-12-/t16-,19?,25?,40-/m0/s1. The molecule has 40 heavy (non-hydrogen) atoms. The van der Waals surface area contributed by atoms with Gasteiger partial charge in [0.25, 0.3) is 5.56 Å². The lowest BCUT2D eigenvalue weighted by Crippen LogP contribution is -2.34. The van der Waals surface area contributed by atoms with Crippen LogP contribution in [0.2, 0.25) is 0 Å². The van der Waals surface area contributed by atoms with Crippen LogP contribution in [-0.2, 0) is 23.4 Å². The average molecular weight is 575 g/mol. The molecule has 3 heterocycles. The molecule has 2 fully saturated rings. The number of para-hydroxylation sites is 1. The number of carboxylic acid groups (broad SMARTS) is 1. The summed E-state index contributed by atoms with van der Waals surface area (Å²) in [4.78, 5) is 34.5. The summed E-state index contributed by atoms with van der Waals surface area (Å²) in [6.45, 7) is 2.03. The van der Waals surface area contributed by atoms with Crippen LogP contribution in [0, 0.1) is 5.41 Å². The molecule has 1 aliphatic carbocycles. The van der Waals surface area contributed by atoms with Gasteiger partial charge in [-0.25, -0.2) is 9.55 Å². The van der Waals surface area contributed by atoms with E-state index in [-0.39, 0.29) is 42.4 Å². The van der Waals surface area contributed by atoms with Crippen molar-refractivity contribution in [3.63, 3.8) is 0 Å². The normalized spacial score (nSPS) is 24.0. The lowest BCUT2D eigenvalue weighted by molar-refractivity contribution is -0.171. The Kier molecular flexibility index (Phi) is 8.06. The van der Waals surface area contributed by atoms with Gasteiger partial charge in [0.2, 0.25) is 5.95 Å². The molecule has 2 aliphatic rings. The fraction of sp³-hybridized carbons (Fsp3) is 0.440. The minimum Gasteiger partial charge on any atom is -0.480 e. The van der Waals surface area contributed by atoms with E-state index in [0.29, 0.717) is 13.0 Å². The number of ether oxygens (including phenoxy) is 2. The Labute approximate surface area is 229 Å². The van der Waals surface area contributed by atoms with Gasteiger partial charge in [0.05, 0.1) is 13.2 Å². The zero-order valence-electron chi connectivity index (χ0n) is 21.8. The van der Waals surface area contributed by atoms with Crippen LogP contribution in [0.25, 0.3) is 17.4 Å². The molecular formula is C25H31N6O8P. The molecule has 1 aliphatic heterocycles. The van der Waals surface area contributed by atoms with Crippen molar-refractivity contribution in [1.82, 2.24) is 24.6 Å². The molecule has 214 valence electrons. The number of benzene rings is 1. The molecule has 3 aromatic rings. The van der Waals surface area contributed by atoms with Gasteiger partial charge in [-0.1, -0.05) is 18.2 Å². The van der Waals surface area contributed by atoms with Crippen LogP contribution in [0.5, 0.6) is 5.75 Å². The highest BCUT2D eigenvalue weighted by Crippen LogP contribution is 2.56. The number of carboxylic acids is 1. The summed E-state index contributed by atoms with van der Waals surface area (Å²) in [5.41, 5.74) is 5.80. The number of nitrogens with one attached hydrogen (secondary N) is 2. The first-order valence-electron chi connectivity index (χ1n) is 12.8. The number of nitrogens with two attached hydrogens (primary N) is 1. The Morgan fingerprint density at radius 2 is 2.17 bits per heavy atom. The molecule has 1 saturated heterocycles. The number of nitrogen functional groups attached to an aromatic ring is 1. The monoisotopic (exact) mass is 574 g/mol. The van der Waals surface area contributed by atoms with Gasteiger partial charge in [0, 0.05) is 18.2 Å². The van der Waals surface area contributed by atoms with E-state index in [9.17, 15) is 19.3 Å². The number of anilines is 1. The van der Waals surface area contributed by atoms with E-state index in [0.717, 1.165) is 24.8 Å². The average Bonchev–Trinajstić information content (AvgIpc) is 3.46. The maximum atomic E-state index is 13.8. The van der Waals surface area contributed by atoms with E-state index in [2.05, 4.69) is 20.0 Å². The quantitative estimate of drug-likeness (QED) is 0.232. The van der Waals surface area contributed by atoms with Gasteiger partial charge in [-0.05, 0) is 50.3 Å². The van der Waals surface area contributed by atoms with E-state index >= 15 is 0 Å². The molecule has 0 bridgehead atoms. The summed E-state index contributed by atoms with van der Waals surface area (Å²) in [5.74, 6) is -1.01. The maximum Gasteiger partial charge on any atom is 0.459 e. The number of aliphatic carboxylic acids is 1. The summed E-state index contributed by atoms with van der Waals surface area (Å²) < 4.78 is 38.7. The van der Waals surface area contributed by atoms with Gasteiger partial charge >= 0.3 is 13.7 Å². The maximum absolute atomic E-state index is 13.8. The van der Waals surface area contributed by atoms with E-state index < -0.39 is 30.7 Å². The molecule has 5 N–H and O–H groups in total. The van der Waals surface area contributed by atoms with E-state index in [4.69, 9.17) is 24.3 Å². The highest BCUT2D eigenvalue weighted by molar-refractivity contribution is 7.52. The van der Waals surface area contributed by atoms with Crippen LogP contribution in [0.1, 0.15) is 32.6 Å². The number of carbonyl (C=O) groups is 1. The third kappa shape index (κ3) is 6.43. The molecule has 2 unspecified atom stereocenters. The van der Waals surface area contributed by atoms with Gasteiger partial charge in [-0.15, -0.1) is 0 Å². The van der Waals surface area contributed by atoms with Crippen molar-refractivity contribution >= 4 is 37.0 Å². The molecule has 5 rings (SSSR count). The zero-order chi connectivity index (χ0) is 28.3. The number of hydrogen-bond donors (Lipinski definition) is 4. The van der Waals surface area contributed by atoms with Gasteiger partial charge in [0.15, 0.2) is 17.5 Å². The summed E-state index contributed by atoms with van der Waals surface area (Å²) in [6, 6.07) is 7.14. The highest BCUT2D eigenvalue weighted by Gasteiger charge is 2.52. The highest BCUT2D eigenvalue weighted by atomic mass is 31.2. The number of aromatic nitrogens is 4. The third-order valence-electron chi connectivity index (χ3n) is 6.72. The first-order chi connectivity index (χ1) is 19.2. The molecule has 0 radical (unpaired) electrons. The second kappa shape index (κ2) is 11.5. The minimum absolute atomic E-state index is 0.0431. The van der Waals surface area contributed by atoms with Crippen molar-refractivity contribution in [3.8, 4) is 5.75 Å². The molecule has 14 nitrogen and oxygen atoms in total. The molecule has 1 saturated carbocycles. The second-order valence-electron chi connectivity index (χ2n) is 9.86. The molecule has 0 amide bonds. The van der Waals surface area contributed by atoms with E-state index in [1.54, 1.807) is 41.1 Å². The van der Waals surface area contributed by atoms with Crippen molar-refractivity contribution in [1.29, 1.82) is 0 Å². The molecule has 0 spiro atoms.